The highest BCUT2D eigenvalue weighted by Crippen LogP contribution is 2.15. The summed E-state index contributed by atoms with van der Waals surface area (Å²) in [7, 11) is 1.19. The number of ether oxygens (including phenoxy) is 2. The maximum absolute atomic E-state index is 11.9. The van der Waals surface area contributed by atoms with Crippen LogP contribution in [0.25, 0.3) is 0 Å². The second-order valence-electron chi connectivity index (χ2n) is 4.42. The molecule has 1 aliphatic heterocycles. The molecule has 0 atom stereocenters. The second-order valence-corrected chi connectivity index (χ2v) is 4.42. The summed E-state index contributed by atoms with van der Waals surface area (Å²) >= 11 is 0. The maximum atomic E-state index is 11.9. The molecule has 7 nitrogen and oxygen atoms in total. The number of rotatable bonds is 5. The number of ketones is 1. The Labute approximate surface area is 122 Å². The van der Waals surface area contributed by atoms with Crippen LogP contribution in [0.4, 0.5) is 0 Å². The van der Waals surface area contributed by atoms with Crippen molar-refractivity contribution >= 4 is 23.6 Å². The van der Waals surface area contributed by atoms with Crippen molar-refractivity contribution in [1.29, 1.82) is 0 Å². The molecule has 1 heterocycles. The van der Waals surface area contributed by atoms with Crippen molar-refractivity contribution in [2.45, 2.75) is 13.8 Å². The number of nitrogens with zero attached hydrogens (tertiary/aromatic N) is 1. The lowest BCUT2D eigenvalue weighted by Gasteiger charge is -2.27. The molecule has 0 aromatic heterocycles. The molecule has 0 radical (unpaired) electrons. The highest BCUT2D eigenvalue weighted by Gasteiger charge is 2.27. The van der Waals surface area contributed by atoms with E-state index in [1.165, 1.54) is 12.0 Å². The predicted octanol–water partition coefficient (Wildman–Crippen LogP) is 0.00650. The van der Waals surface area contributed by atoms with E-state index in [2.05, 4.69) is 4.74 Å². The van der Waals surface area contributed by atoms with Crippen LogP contribution in [0.5, 0.6) is 0 Å². The highest BCUT2D eigenvalue weighted by atomic mass is 16.5. The summed E-state index contributed by atoms with van der Waals surface area (Å²) < 4.78 is 9.15. The van der Waals surface area contributed by atoms with Gasteiger partial charge in [0.05, 0.1) is 20.2 Å². The van der Waals surface area contributed by atoms with Gasteiger partial charge in [0.25, 0.3) is 0 Å². The number of carbonyl (C=O) groups excluding carboxylic acids is 4. The zero-order chi connectivity index (χ0) is 16.0. The summed E-state index contributed by atoms with van der Waals surface area (Å²) in [5.74, 6) is -1.75. The first-order valence-electron chi connectivity index (χ1n) is 6.29. The molecule has 0 unspecified atom stereocenters. The Balaban J connectivity index is 2.45. The van der Waals surface area contributed by atoms with Crippen LogP contribution in [-0.2, 0) is 28.7 Å². The highest BCUT2D eigenvalue weighted by molar-refractivity contribution is 6.10. The number of hydrogen-bond acceptors (Lipinski definition) is 6. The van der Waals surface area contributed by atoms with Gasteiger partial charge in [0.2, 0.25) is 5.91 Å². The van der Waals surface area contributed by atoms with E-state index in [0.29, 0.717) is 11.1 Å². The Bertz CT molecular complexity index is 532. The summed E-state index contributed by atoms with van der Waals surface area (Å²) in [6, 6.07) is 0. The first kappa shape index (κ1) is 16.6. The van der Waals surface area contributed by atoms with E-state index in [4.69, 9.17) is 4.74 Å². The van der Waals surface area contributed by atoms with Gasteiger partial charge in [-0.2, -0.15) is 0 Å². The van der Waals surface area contributed by atoms with Gasteiger partial charge in [0.1, 0.15) is 6.61 Å². The average molecular weight is 295 g/mol. The minimum atomic E-state index is -0.723. The fraction of sp³-hybridized carbons (Fsp3) is 0.429. The van der Waals surface area contributed by atoms with E-state index >= 15 is 0 Å². The molecular weight excluding hydrogens is 278 g/mol. The van der Waals surface area contributed by atoms with Crippen molar-refractivity contribution in [1.82, 2.24) is 4.90 Å². The zero-order valence-electron chi connectivity index (χ0n) is 12.2. The van der Waals surface area contributed by atoms with Gasteiger partial charge in [-0.15, -0.1) is 0 Å². The fourth-order valence-electron chi connectivity index (χ4n) is 1.66. The Morgan fingerprint density at radius 1 is 1.14 bits per heavy atom. The number of carbonyl (C=O) groups is 4. The number of methoxy groups -OCH3 is 1. The van der Waals surface area contributed by atoms with E-state index in [0.717, 1.165) is 12.2 Å². The molecule has 1 aliphatic rings. The average Bonchev–Trinajstić information content (AvgIpc) is 2.47. The number of esters is 2. The lowest BCUT2D eigenvalue weighted by Crippen LogP contribution is -2.43. The van der Waals surface area contributed by atoms with E-state index < -0.39 is 11.9 Å². The minimum absolute atomic E-state index is 0.0163. The van der Waals surface area contributed by atoms with Crippen LogP contribution in [0.15, 0.2) is 23.3 Å². The van der Waals surface area contributed by atoms with E-state index in [1.807, 2.05) is 0 Å². The molecule has 0 aromatic rings. The Morgan fingerprint density at radius 2 is 1.76 bits per heavy atom. The number of Topliss-reactive ketones (excluding diaryl/α,β-unsaturated/α-hetero) is 1. The molecule has 0 saturated carbocycles. The van der Waals surface area contributed by atoms with Gasteiger partial charge in [-0.3, -0.25) is 9.59 Å². The molecule has 0 aliphatic carbocycles. The smallest absolute Gasteiger partial charge is 0.331 e. The monoisotopic (exact) mass is 295 g/mol. The third kappa shape index (κ3) is 4.55. The fourth-order valence-corrected chi connectivity index (χ4v) is 1.66. The topological polar surface area (TPSA) is 90.0 Å². The lowest BCUT2D eigenvalue weighted by atomic mass is 10.0. The predicted molar refractivity (Wildman–Crippen MR) is 72.1 cm³/mol. The van der Waals surface area contributed by atoms with Gasteiger partial charge >= 0.3 is 11.9 Å². The molecule has 0 fully saturated rings. The molecule has 1 rings (SSSR count). The first-order valence-corrected chi connectivity index (χ1v) is 6.29. The third-order valence-corrected chi connectivity index (χ3v) is 3.09. The van der Waals surface area contributed by atoms with Gasteiger partial charge in [-0.05, 0) is 13.8 Å². The van der Waals surface area contributed by atoms with Crippen molar-refractivity contribution in [3.8, 4) is 0 Å². The van der Waals surface area contributed by atoms with Crippen molar-refractivity contribution in [3.05, 3.63) is 23.3 Å². The normalized spacial score (nSPS) is 15.7. The van der Waals surface area contributed by atoms with Crippen LogP contribution in [0, 0.1) is 0 Å². The first-order chi connectivity index (χ1) is 9.86. The van der Waals surface area contributed by atoms with Gasteiger partial charge in [0, 0.05) is 23.3 Å². The molecule has 0 N–H and O–H groups in total. The summed E-state index contributed by atoms with van der Waals surface area (Å²) in [6.45, 7) is 3.25. The number of amides is 1. The van der Waals surface area contributed by atoms with E-state index in [1.54, 1.807) is 13.8 Å². The van der Waals surface area contributed by atoms with Crippen molar-refractivity contribution < 1.29 is 28.7 Å². The molecule has 0 aromatic carbocycles. The minimum Gasteiger partial charge on any atom is -0.466 e. The van der Waals surface area contributed by atoms with Crippen molar-refractivity contribution in [3.63, 3.8) is 0 Å². The molecule has 1 amide bonds. The largest absolute Gasteiger partial charge is 0.466 e. The van der Waals surface area contributed by atoms with Crippen LogP contribution in [0.3, 0.4) is 0 Å². The second kappa shape index (κ2) is 7.37. The number of hydrogen-bond donors (Lipinski definition) is 0. The van der Waals surface area contributed by atoms with Gasteiger partial charge in [-0.25, -0.2) is 9.59 Å². The Morgan fingerprint density at radius 3 is 2.38 bits per heavy atom. The lowest BCUT2D eigenvalue weighted by molar-refractivity contribution is -0.141. The van der Waals surface area contributed by atoms with Gasteiger partial charge in [-0.1, -0.05) is 0 Å². The van der Waals surface area contributed by atoms with Crippen LogP contribution >= 0.6 is 0 Å². The molecular formula is C14H17NO6. The van der Waals surface area contributed by atoms with E-state index in [9.17, 15) is 19.2 Å². The molecule has 0 saturated heterocycles. The van der Waals surface area contributed by atoms with Gasteiger partial charge in [0.15, 0.2) is 5.78 Å². The maximum Gasteiger partial charge on any atom is 0.331 e. The SMILES string of the molecule is COC(=O)/C=C/C(=O)OCCN1CC(=O)C(C)=C(C)C1=O. The van der Waals surface area contributed by atoms with Crippen LogP contribution in [0.2, 0.25) is 0 Å². The Hall–Kier alpha value is -2.44. The standard InChI is InChI=1S/C14H17NO6/c1-9-10(2)14(19)15(8-11(9)16)6-7-21-13(18)5-4-12(17)20-3/h4-5H,6-8H2,1-3H3/b5-4+. The zero-order valence-corrected chi connectivity index (χ0v) is 12.2. The summed E-state index contributed by atoms with van der Waals surface area (Å²) in [5.41, 5.74) is 0.873. The van der Waals surface area contributed by atoms with Crippen molar-refractivity contribution in [2.75, 3.05) is 26.8 Å². The van der Waals surface area contributed by atoms with Crippen molar-refractivity contribution in [2.24, 2.45) is 0 Å². The quantitative estimate of drug-likeness (QED) is 0.524. The van der Waals surface area contributed by atoms with Gasteiger partial charge < -0.3 is 14.4 Å². The summed E-state index contributed by atoms with van der Waals surface area (Å²) in [6.07, 6.45) is 1.87. The molecule has 7 heteroatoms. The van der Waals surface area contributed by atoms with Crippen LogP contribution < -0.4 is 0 Å². The summed E-state index contributed by atoms with van der Waals surface area (Å²) in [4.78, 5) is 46.9. The molecule has 0 spiro atoms. The third-order valence-electron chi connectivity index (χ3n) is 3.09. The molecule has 114 valence electrons. The van der Waals surface area contributed by atoms with Crippen LogP contribution in [0.1, 0.15) is 13.8 Å². The van der Waals surface area contributed by atoms with Crippen LogP contribution in [-0.4, -0.2) is 55.3 Å². The Kier molecular flexibility index (Phi) is 5.83. The van der Waals surface area contributed by atoms with E-state index in [-0.39, 0.29) is 31.4 Å². The summed E-state index contributed by atoms with van der Waals surface area (Å²) in [5, 5.41) is 0. The molecule has 21 heavy (non-hydrogen) atoms. The molecule has 0 bridgehead atoms.